The number of amides is 1. The number of H-pyrrole nitrogens is 1. The van der Waals surface area contributed by atoms with Crippen LogP contribution in [-0.2, 0) is 6.54 Å². The summed E-state index contributed by atoms with van der Waals surface area (Å²) in [4.78, 5) is 47.8. The first kappa shape index (κ1) is 17.3. The van der Waals surface area contributed by atoms with Crippen LogP contribution < -0.4 is 16.6 Å². The van der Waals surface area contributed by atoms with E-state index in [4.69, 9.17) is 0 Å². The minimum atomic E-state index is -0.515. The molecule has 4 aromatic rings. The van der Waals surface area contributed by atoms with Gasteiger partial charge in [-0.3, -0.25) is 14.2 Å². The molecular formula is C18H15N7O3. The lowest BCUT2D eigenvalue weighted by Crippen LogP contribution is -2.34. The predicted molar refractivity (Wildman–Crippen MR) is 102 cm³/mol. The van der Waals surface area contributed by atoms with Crippen molar-refractivity contribution in [1.82, 2.24) is 29.3 Å². The molecule has 0 atom stereocenters. The molecule has 28 heavy (non-hydrogen) atoms. The van der Waals surface area contributed by atoms with Gasteiger partial charge in [-0.1, -0.05) is 0 Å². The summed E-state index contributed by atoms with van der Waals surface area (Å²) in [5.74, 6) is -0.00911. The molecule has 1 amide bonds. The Balaban J connectivity index is 1.71. The number of carbonyl (C=O) groups is 1. The van der Waals surface area contributed by atoms with E-state index in [-0.39, 0.29) is 12.1 Å². The molecule has 3 aromatic heterocycles. The van der Waals surface area contributed by atoms with Gasteiger partial charge in [0, 0.05) is 18.3 Å². The maximum Gasteiger partial charge on any atom is 0.328 e. The third-order valence-corrected chi connectivity index (χ3v) is 4.23. The van der Waals surface area contributed by atoms with Crippen LogP contribution in [-0.4, -0.2) is 35.2 Å². The van der Waals surface area contributed by atoms with Gasteiger partial charge in [0.05, 0.1) is 16.6 Å². The number of pyridine rings is 1. The van der Waals surface area contributed by atoms with E-state index in [0.29, 0.717) is 22.4 Å². The van der Waals surface area contributed by atoms with Crippen LogP contribution in [0.4, 0.5) is 5.69 Å². The van der Waals surface area contributed by atoms with E-state index in [9.17, 15) is 14.4 Å². The Morgan fingerprint density at radius 1 is 1.25 bits per heavy atom. The Kier molecular flexibility index (Phi) is 4.28. The zero-order valence-corrected chi connectivity index (χ0v) is 14.8. The Morgan fingerprint density at radius 2 is 2.11 bits per heavy atom. The van der Waals surface area contributed by atoms with Crippen molar-refractivity contribution < 1.29 is 4.79 Å². The number of hydrogen-bond acceptors (Lipinski definition) is 6. The number of aromatic nitrogens is 6. The molecule has 0 saturated carbocycles. The number of fused-ring (bicyclic) bond motifs is 1. The first-order valence-corrected chi connectivity index (χ1v) is 8.46. The highest BCUT2D eigenvalue weighted by Crippen LogP contribution is 2.18. The van der Waals surface area contributed by atoms with Gasteiger partial charge in [-0.15, -0.1) is 0 Å². The van der Waals surface area contributed by atoms with E-state index in [1.807, 2.05) is 0 Å². The van der Waals surface area contributed by atoms with Gasteiger partial charge in [-0.05, 0) is 37.3 Å². The largest absolute Gasteiger partial charge is 0.328 e. The molecule has 10 nitrogen and oxygen atoms in total. The van der Waals surface area contributed by atoms with Crippen LogP contribution in [0.15, 0.2) is 58.8 Å². The van der Waals surface area contributed by atoms with Crippen LogP contribution >= 0.6 is 0 Å². The predicted octanol–water partition coefficient (Wildman–Crippen LogP) is 0.938. The smallest absolute Gasteiger partial charge is 0.319 e. The van der Waals surface area contributed by atoms with E-state index in [1.165, 1.54) is 35.5 Å². The van der Waals surface area contributed by atoms with Gasteiger partial charge in [-0.2, -0.15) is 5.10 Å². The van der Waals surface area contributed by atoms with Crippen molar-refractivity contribution in [3.8, 4) is 5.82 Å². The molecule has 1 aromatic carbocycles. The fraction of sp³-hybridized carbons (Fsp3) is 0.111. The third-order valence-electron chi connectivity index (χ3n) is 4.23. The zero-order chi connectivity index (χ0) is 19.7. The van der Waals surface area contributed by atoms with Crippen molar-refractivity contribution in [1.29, 1.82) is 0 Å². The van der Waals surface area contributed by atoms with Crippen molar-refractivity contribution in [3.05, 3.63) is 75.6 Å². The van der Waals surface area contributed by atoms with Crippen LogP contribution in [0.25, 0.3) is 16.7 Å². The highest BCUT2D eigenvalue weighted by atomic mass is 16.2. The van der Waals surface area contributed by atoms with E-state index in [1.54, 1.807) is 25.3 Å². The molecule has 0 unspecified atom stereocenters. The lowest BCUT2D eigenvalue weighted by molar-refractivity contribution is 0.102. The standard InChI is InChI=1S/C18H15N7O3/c1-2-24-17(27)12-6-5-11(8-14(12)23-18(24)28)16(26)22-13-4-3-7-20-15(13)25-10-19-9-21-25/h3-10H,2H2,1H3,(H,22,26)(H,23,28). The van der Waals surface area contributed by atoms with Gasteiger partial charge in [0.15, 0.2) is 5.82 Å². The quantitative estimate of drug-likeness (QED) is 0.545. The number of hydrogen-bond donors (Lipinski definition) is 2. The SMILES string of the molecule is CCn1c(=O)[nH]c2cc(C(=O)Nc3cccnc3-n3cncn3)ccc2c1=O. The van der Waals surface area contributed by atoms with Crippen molar-refractivity contribution in [3.63, 3.8) is 0 Å². The average Bonchev–Trinajstić information content (AvgIpc) is 3.23. The number of nitrogens with zero attached hydrogens (tertiary/aromatic N) is 5. The molecule has 0 aliphatic heterocycles. The number of carbonyl (C=O) groups excluding carboxylic acids is 1. The van der Waals surface area contributed by atoms with E-state index >= 15 is 0 Å². The monoisotopic (exact) mass is 377 g/mol. The van der Waals surface area contributed by atoms with Crippen LogP contribution in [0.1, 0.15) is 17.3 Å². The van der Waals surface area contributed by atoms with E-state index < -0.39 is 17.2 Å². The first-order chi connectivity index (χ1) is 13.6. The molecule has 4 rings (SSSR count). The second kappa shape index (κ2) is 6.91. The van der Waals surface area contributed by atoms with E-state index in [2.05, 4.69) is 25.4 Å². The molecule has 0 aliphatic carbocycles. The van der Waals surface area contributed by atoms with Gasteiger partial charge in [0.25, 0.3) is 11.5 Å². The second-order valence-electron chi connectivity index (χ2n) is 5.91. The summed E-state index contributed by atoms with van der Waals surface area (Å²) in [6, 6.07) is 7.89. The van der Waals surface area contributed by atoms with Crippen molar-refractivity contribution in [2.24, 2.45) is 0 Å². The second-order valence-corrected chi connectivity index (χ2v) is 5.91. The summed E-state index contributed by atoms with van der Waals surface area (Å²) < 4.78 is 2.53. The van der Waals surface area contributed by atoms with Gasteiger partial charge >= 0.3 is 5.69 Å². The van der Waals surface area contributed by atoms with Crippen LogP contribution in [0.3, 0.4) is 0 Å². The Morgan fingerprint density at radius 3 is 2.86 bits per heavy atom. The fourth-order valence-electron chi connectivity index (χ4n) is 2.87. The Bertz CT molecular complexity index is 1290. The molecule has 3 heterocycles. The molecule has 0 fully saturated rings. The average molecular weight is 377 g/mol. The number of benzene rings is 1. The lowest BCUT2D eigenvalue weighted by atomic mass is 10.1. The minimum Gasteiger partial charge on any atom is -0.319 e. The lowest BCUT2D eigenvalue weighted by Gasteiger charge is -2.10. The molecule has 0 aliphatic rings. The summed E-state index contributed by atoms with van der Waals surface area (Å²) in [5.41, 5.74) is 0.112. The number of anilines is 1. The number of nitrogens with one attached hydrogen (secondary N) is 2. The van der Waals surface area contributed by atoms with Gasteiger partial charge in [-0.25, -0.2) is 19.4 Å². The van der Waals surface area contributed by atoms with Crippen molar-refractivity contribution in [2.45, 2.75) is 13.5 Å². The highest BCUT2D eigenvalue weighted by molar-refractivity contribution is 6.06. The van der Waals surface area contributed by atoms with Gasteiger partial charge < -0.3 is 10.3 Å². The number of aromatic amines is 1. The van der Waals surface area contributed by atoms with E-state index in [0.717, 1.165) is 4.57 Å². The summed E-state index contributed by atoms with van der Waals surface area (Å²) >= 11 is 0. The topological polar surface area (TPSA) is 128 Å². The highest BCUT2D eigenvalue weighted by Gasteiger charge is 2.14. The first-order valence-electron chi connectivity index (χ1n) is 8.46. The summed E-state index contributed by atoms with van der Waals surface area (Å²) in [6.45, 7) is 1.98. The maximum atomic E-state index is 12.7. The molecule has 0 radical (unpaired) electrons. The molecule has 2 N–H and O–H groups in total. The molecule has 10 heteroatoms. The Labute approximate surface area is 157 Å². The normalized spacial score (nSPS) is 10.9. The molecule has 0 saturated heterocycles. The molecule has 0 bridgehead atoms. The van der Waals surface area contributed by atoms with Crippen LogP contribution in [0, 0.1) is 0 Å². The molecule has 140 valence electrons. The fourth-order valence-corrected chi connectivity index (χ4v) is 2.87. The summed E-state index contributed by atoms with van der Waals surface area (Å²) in [5, 5.41) is 7.12. The number of rotatable bonds is 4. The van der Waals surface area contributed by atoms with Gasteiger partial charge in [0.1, 0.15) is 12.7 Å². The molecule has 0 spiro atoms. The third kappa shape index (κ3) is 2.96. The summed E-state index contributed by atoms with van der Waals surface area (Å²) in [7, 11) is 0. The maximum absolute atomic E-state index is 12.7. The zero-order valence-electron chi connectivity index (χ0n) is 14.8. The Hall–Kier alpha value is -4.08. The summed E-state index contributed by atoms with van der Waals surface area (Å²) in [6.07, 6.45) is 4.41. The minimum absolute atomic E-state index is 0.262. The molecular weight excluding hydrogens is 362 g/mol. The van der Waals surface area contributed by atoms with Crippen LogP contribution in [0.5, 0.6) is 0 Å². The van der Waals surface area contributed by atoms with Crippen LogP contribution in [0.2, 0.25) is 0 Å². The van der Waals surface area contributed by atoms with Crippen molar-refractivity contribution >= 4 is 22.5 Å². The van der Waals surface area contributed by atoms with Gasteiger partial charge in [0.2, 0.25) is 0 Å². The van der Waals surface area contributed by atoms with Crippen molar-refractivity contribution in [2.75, 3.05) is 5.32 Å².